The maximum absolute atomic E-state index is 11.7. The van der Waals surface area contributed by atoms with Crippen molar-refractivity contribution < 1.29 is 13.2 Å². The highest BCUT2D eigenvalue weighted by Crippen LogP contribution is 2.31. The van der Waals surface area contributed by atoms with Crippen molar-refractivity contribution in [3.05, 3.63) is 0 Å². The number of hydrogen-bond acceptors (Lipinski definition) is 0. The van der Waals surface area contributed by atoms with Crippen molar-refractivity contribution >= 4 is 22.6 Å². The van der Waals surface area contributed by atoms with Crippen LogP contribution in [0.1, 0.15) is 13.8 Å². The summed E-state index contributed by atoms with van der Waals surface area (Å²) in [6.07, 6.45) is -4.03. The Kier molecular flexibility index (Phi) is 3.25. The Morgan fingerprint density at radius 3 is 1.56 bits per heavy atom. The average Bonchev–Trinajstić information content (AvgIpc) is 1.62. The monoisotopic (exact) mass is 252 g/mol. The van der Waals surface area contributed by atoms with Crippen molar-refractivity contribution in [2.75, 3.05) is 0 Å². The molecule has 0 aromatic heterocycles. The van der Waals surface area contributed by atoms with E-state index in [0.717, 1.165) is 0 Å². The van der Waals surface area contributed by atoms with Crippen LogP contribution >= 0.6 is 22.6 Å². The van der Waals surface area contributed by atoms with E-state index in [1.165, 1.54) is 6.92 Å². The van der Waals surface area contributed by atoms with Crippen LogP contribution in [0.25, 0.3) is 0 Å². The molecule has 0 aromatic rings. The number of hydrogen-bond donors (Lipinski definition) is 0. The minimum absolute atomic E-state index is 0.345. The molecule has 4 heteroatoms. The fourth-order valence-corrected chi connectivity index (χ4v) is 0.668. The average molecular weight is 252 g/mol. The largest absolute Gasteiger partial charge is 0.392 e. The van der Waals surface area contributed by atoms with Crippen LogP contribution in [0, 0.1) is 5.92 Å². The van der Waals surface area contributed by atoms with Gasteiger partial charge in [0.25, 0.3) is 0 Å². The molecule has 2 atom stereocenters. The second-order valence-corrected chi connectivity index (χ2v) is 3.97. The van der Waals surface area contributed by atoms with E-state index >= 15 is 0 Å². The zero-order valence-corrected chi connectivity index (χ0v) is 7.32. The fraction of sp³-hybridized carbons (Fsp3) is 1.00. The number of halogens is 4. The van der Waals surface area contributed by atoms with Crippen molar-refractivity contribution in [2.45, 2.75) is 23.9 Å². The first-order valence-electron chi connectivity index (χ1n) is 2.56. The molecule has 0 radical (unpaired) electrons. The second-order valence-electron chi connectivity index (χ2n) is 2.01. The summed E-state index contributed by atoms with van der Waals surface area (Å²) in [5, 5.41) is 0. The van der Waals surface area contributed by atoms with Crippen molar-refractivity contribution in [3.8, 4) is 0 Å². The van der Waals surface area contributed by atoms with Crippen molar-refractivity contribution in [1.82, 2.24) is 0 Å². The van der Waals surface area contributed by atoms with E-state index in [1.54, 1.807) is 29.5 Å². The van der Waals surface area contributed by atoms with Crippen LogP contribution in [0.4, 0.5) is 13.2 Å². The van der Waals surface area contributed by atoms with Gasteiger partial charge in [0.05, 0.1) is 5.92 Å². The molecule has 0 aromatic carbocycles. The van der Waals surface area contributed by atoms with E-state index in [4.69, 9.17) is 0 Å². The molecular weight excluding hydrogens is 244 g/mol. The molecule has 0 aliphatic carbocycles. The van der Waals surface area contributed by atoms with Gasteiger partial charge in [0, 0.05) is 3.92 Å². The highest BCUT2D eigenvalue weighted by molar-refractivity contribution is 14.1. The molecular formula is C5H8F3I. The van der Waals surface area contributed by atoms with E-state index in [9.17, 15) is 13.2 Å². The van der Waals surface area contributed by atoms with Gasteiger partial charge in [-0.25, -0.2) is 0 Å². The predicted molar refractivity (Wildman–Crippen MR) is 38.7 cm³/mol. The van der Waals surface area contributed by atoms with Crippen LogP contribution in [-0.2, 0) is 0 Å². The summed E-state index contributed by atoms with van der Waals surface area (Å²) in [6, 6.07) is 0. The third-order valence-electron chi connectivity index (χ3n) is 1.21. The molecule has 0 saturated carbocycles. The van der Waals surface area contributed by atoms with Crippen LogP contribution in [0.5, 0.6) is 0 Å². The molecule has 1 unspecified atom stereocenters. The van der Waals surface area contributed by atoms with Crippen LogP contribution < -0.4 is 0 Å². The molecule has 0 heterocycles. The molecule has 56 valence electrons. The van der Waals surface area contributed by atoms with Crippen LogP contribution in [0.15, 0.2) is 0 Å². The Bertz CT molecular complexity index is 86.7. The van der Waals surface area contributed by atoms with Gasteiger partial charge in [-0.2, -0.15) is 13.2 Å². The smallest absolute Gasteiger partial charge is 0.171 e. The molecule has 9 heavy (non-hydrogen) atoms. The first-order chi connectivity index (χ1) is 3.85. The summed E-state index contributed by atoms with van der Waals surface area (Å²) in [5.41, 5.74) is 0. The normalized spacial score (nSPS) is 19.3. The first-order valence-corrected chi connectivity index (χ1v) is 3.81. The lowest BCUT2D eigenvalue weighted by Crippen LogP contribution is -2.25. The van der Waals surface area contributed by atoms with Gasteiger partial charge in [-0.15, -0.1) is 0 Å². The molecule has 0 rings (SSSR count). The third kappa shape index (κ3) is 3.27. The van der Waals surface area contributed by atoms with Crippen molar-refractivity contribution in [1.29, 1.82) is 0 Å². The Morgan fingerprint density at radius 1 is 1.22 bits per heavy atom. The summed E-state index contributed by atoms with van der Waals surface area (Å²) < 4.78 is 34.7. The third-order valence-corrected chi connectivity index (χ3v) is 2.28. The van der Waals surface area contributed by atoms with Crippen LogP contribution in [0.3, 0.4) is 0 Å². The summed E-state index contributed by atoms with van der Waals surface area (Å²) in [5.74, 6) is -1.20. The Labute approximate surface area is 66.0 Å². The highest BCUT2D eigenvalue weighted by atomic mass is 127. The molecule has 0 bridgehead atoms. The molecule has 0 nitrogen and oxygen atoms in total. The SMILES string of the molecule is CC(I)[C@H](C)C(F)(F)F. The molecule has 0 fully saturated rings. The lowest BCUT2D eigenvalue weighted by Gasteiger charge is -2.17. The minimum Gasteiger partial charge on any atom is -0.171 e. The van der Waals surface area contributed by atoms with Gasteiger partial charge in [0.15, 0.2) is 0 Å². The van der Waals surface area contributed by atoms with Gasteiger partial charge in [-0.1, -0.05) is 36.4 Å². The van der Waals surface area contributed by atoms with Gasteiger partial charge in [0.1, 0.15) is 0 Å². The first kappa shape index (κ1) is 9.52. The van der Waals surface area contributed by atoms with Gasteiger partial charge in [-0.05, 0) is 0 Å². The fourth-order valence-electron chi connectivity index (χ4n) is 0.260. The second kappa shape index (κ2) is 3.07. The predicted octanol–water partition coefficient (Wildman–Crippen LogP) is 3.01. The summed E-state index contributed by atoms with van der Waals surface area (Å²) in [7, 11) is 0. The zero-order chi connectivity index (χ0) is 7.65. The zero-order valence-electron chi connectivity index (χ0n) is 5.17. The Hall–Kier alpha value is 0.520. The van der Waals surface area contributed by atoms with Crippen molar-refractivity contribution in [3.63, 3.8) is 0 Å². The van der Waals surface area contributed by atoms with E-state index in [0.29, 0.717) is 0 Å². The maximum Gasteiger partial charge on any atom is 0.392 e. The van der Waals surface area contributed by atoms with Crippen molar-refractivity contribution in [2.24, 2.45) is 5.92 Å². The number of rotatable bonds is 1. The highest BCUT2D eigenvalue weighted by Gasteiger charge is 2.38. The molecule has 0 N–H and O–H groups in total. The summed E-state index contributed by atoms with van der Waals surface area (Å²) in [4.78, 5) is 0. The molecule has 0 amide bonds. The lowest BCUT2D eigenvalue weighted by atomic mass is 10.1. The summed E-state index contributed by atoms with van der Waals surface area (Å²) in [6.45, 7) is 2.75. The summed E-state index contributed by atoms with van der Waals surface area (Å²) >= 11 is 1.77. The van der Waals surface area contributed by atoms with E-state index in [-0.39, 0.29) is 3.92 Å². The minimum atomic E-state index is -4.03. The molecule has 0 aliphatic rings. The van der Waals surface area contributed by atoms with E-state index in [2.05, 4.69) is 0 Å². The topological polar surface area (TPSA) is 0 Å². The Morgan fingerprint density at radius 2 is 1.56 bits per heavy atom. The standard InChI is InChI=1S/C5H8F3I/c1-3(4(2)9)5(6,7)8/h3-4H,1-2H3/t3-,4?/m0/s1. The maximum atomic E-state index is 11.7. The quantitative estimate of drug-likeness (QED) is 0.497. The molecule has 0 spiro atoms. The lowest BCUT2D eigenvalue weighted by molar-refractivity contribution is -0.167. The number of alkyl halides is 4. The molecule has 0 saturated heterocycles. The molecule has 0 aliphatic heterocycles. The Balaban J connectivity index is 3.88. The van der Waals surface area contributed by atoms with Gasteiger partial charge < -0.3 is 0 Å². The van der Waals surface area contributed by atoms with E-state index < -0.39 is 12.1 Å². The van der Waals surface area contributed by atoms with Gasteiger partial charge >= 0.3 is 6.18 Å². The van der Waals surface area contributed by atoms with E-state index in [1.807, 2.05) is 0 Å². The van der Waals surface area contributed by atoms with Crippen LogP contribution in [0.2, 0.25) is 0 Å². The van der Waals surface area contributed by atoms with Crippen LogP contribution in [-0.4, -0.2) is 10.1 Å². The van der Waals surface area contributed by atoms with Gasteiger partial charge in [0.2, 0.25) is 0 Å². The van der Waals surface area contributed by atoms with Gasteiger partial charge in [-0.3, -0.25) is 0 Å².